The van der Waals surface area contributed by atoms with Crippen LogP contribution in [-0.4, -0.2) is 5.78 Å². The Hall–Kier alpha value is -1.25. The molecule has 0 fully saturated rings. The lowest BCUT2D eigenvalue weighted by Crippen LogP contribution is -2.00. The maximum Gasteiger partial charge on any atom is 0.229 e. The number of aryl methyl sites for hydroxylation is 1. The summed E-state index contributed by atoms with van der Waals surface area (Å²) < 4.78 is 5.39. The SMILES string of the molecule is CCc1ccc(C(=O)c2cc(Cl)ccc2Cl)o1. The monoisotopic (exact) mass is 268 g/mol. The molecule has 2 aromatic rings. The standard InChI is InChI=1S/C13H10Cl2O2/c1-2-9-4-6-12(17-9)13(16)10-7-8(14)3-5-11(10)15/h3-7H,2H2,1H3. The molecule has 0 bridgehead atoms. The van der Waals surface area contributed by atoms with E-state index in [2.05, 4.69) is 0 Å². The van der Waals surface area contributed by atoms with E-state index in [9.17, 15) is 4.79 Å². The molecule has 0 saturated carbocycles. The molecule has 0 radical (unpaired) electrons. The van der Waals surface area contributed by atoms with Crippen LogP contribution in [0.2, 0.25) is 10.0 Å². The van der Waals surface area contributed by atoms with Gasteiger partial charge in [-0.25, -0.2) is 0 Å². The molecule has 0 N–H and O–H groups in total. The van der Waals surface area contributed by atoms with Gasteiger partial charge in [-0.05, 0) is 30.3 Å². The van der Waals surface area contributed by atoms with E-state index in [0.717, 1.165) is 12.2 Å². The lowest BCUT2D eigenvalue weighted by atomic mass is 10.1. The molecule has 2 rings (SSSR count). The summed E-state index contributed by atoms with van der Waals surface area (Å²) in [6, 6.07) is 8.21. The Morgan fingerprint density at radius 3 is 2.65 bits per heavy atom. The van der Waals surface area contributed by atoms with E-state index in [-0.39, 0.29) is 11.5 Å². The highest BCUT2D eigenvalue weighted by Crippen LogP contribution is 2.24. The molecular formula is C13H10Cl2O2. The first-order chi connectivity index (χ1) is 8.11. The van der Waals surface area contributed by atoms with Crippen LogP contribution in [0.5, 0.6) is 0 Å². The van der Waals surface area contributed by atoms with Gasteiger partial charge < -0.3 is 4.42 Å². The fourth-order valence-corrected chi connectivity index (χ4v) is 1.87. The summed E-state index contributed by atoms with van der Waals surface area (Å²) in [5, 5.41) is 0.842. The van der Waals surface area contributed by atoms with Crippen molar-refractivity contribution < 1.29 is 9.21 Å². The zero-order valence-electron chi connectivity index (χ0n) is 9.17. The van der Waals surface area contributed by atoms with Crippen molar-refractivity contribution in [3.05, 3.63) is 57.5 Å². The predicted molar refractivity (Wildman–Crippen MR) is 68.0 cm³/mol. The average Bonchev–Trinajstić information content (AvgIpc) is 2.80. The number of carbonyl (C=O) groups excluding carboxylic acids is 1. The maximum atomic E-state index is 12.1. The Bertz CT molecular complexity index is 558. The Labute approximate surface area is 109 Å². The highest BCUT2D eigenvalue weighted by Gasteiger charge is 2.16. The number of hydrogen-bond acceptors (Lipinski definition) is 2. The smallest absolute Gasteiger partial charge is 0.229 e. The van der Waals surface area contributed by atoms with Crippen molar-refractivity contribution in [3.8, 4) is 0 Å². The third-order valence-electron chi connectivity index (χ3n) is 2.41. The summed E-state index contributed by atoms with van der Waals surface area (Å²) in [5.74, 6) is 0.801. The topological polar surface area (TPSA) is 30.2 Å². The lowest BCUT2D eigenvalue weighted by molar-refractivity contribution is 0.101. The Balaban J connectivity index is 2.39. The quantitative estimate of drug-likeness (QED) is 0.774. The highest BCUT2D eigenvalue weighted by molar-refractivity contribution is 6.36. The molecule has 0 aliphatic heterocycles. The van der Waals surface area contributed by atoms with E-state index >= 15 is 0 Å². The first-order valence-electron chi connectivity index (χ1n) is 5.20. The predicted octanol–water partition coefficient (Wildman–Crippen LogP) is 4.38. The van der Waals surface area contributed by atoms with E-state index in [1.165, 1.54) is 0 Å². The first-order valence-corrected chi connectivity index (χ1v) is 5.96. The third kappa shape index (κ3) is 2.54. The van der Waals surface area contributed by atoms with Crippen molar-refractivity contribution in [1.29, 1.82) is 0 Å². The van der Waals surface area contributed by atoms with Gasteiger partial charge in [-0.3, -0.25) is 4.79 Å². The largest absolute Gasteiger partial charge is 0.458 e. The van der Waals surface area contributed by atoms with E-state index < -0.39 is 0 Å². The second-order valence-corrected chi connectivity index (χ2v) is 4.42. The summed E-state index contributed by atoms with van der Waals surface area (Å²) in [7, 11) is 0. The van der Waals surface area contributed by atoms with E-state index in [0.29, 0.717) is 15.6 Å². The summed E-state index contributed by atoms with van der Waals surface area (Å²) >= 11 is 11.8. The zero-order chi connectivity index (χ0) is 12.4. The molecular weight excluding hydrogens is 259 g/mol. The molecule has 0 aliphatic carbocycles. The van der Waals surface area contributed by atoms with Crippen LogP contribution >= 0.6 is 23.2 Å². The minimum absolute atomic E-state index is 0.253. The highest BCUT2D eigenvalue weighted by atomic mass is 35.5. The van der Waals surface area contributed by atoms with Crippen molar-refractivity contribution in [2.75, 3.05) is 0 Å². The van der Waals surface area contributed by atoms with E-state index in [1.54, 1.807) is 30.3 Å². The summed E-state index contributed by atoms with van der Waals surface area (Å²) in [6.07, 6.45) is 0.747. The normalized spacial score (nSPS) is 10.5. The van der Waals surface area contributed by atoms with Crippen LogP contribution in [-0.2, 0) is 6.42 Å². The first kappa shape index (κ1) is 12.2. The van der Waals surface area contributed by atoms with Gasteiger partial charge in [-0.1, -0.05) is 30.1 Å². The third-order valence-corrected chi connectivity index (χ3v) is 2.97. The van der Waals surface area contributed by atoms with Gasteiger partial charge in [0.2, 0.25) is 5.78 Å². The van der Waals surface area contributed by atoms with Crippen LogP contribution < -0.4 is 0 Å². The van der Waals surface area contributed by atoms with E-state index in [4.69, 9.17) is 27.6 Å². The van der Waals surface area contributed by atoms with Gasteiger partial charge in [0.25, 0.3) is 0 Å². The Morgan fingerprint density at radius 1 is 1.24 bits per heavy atom. The minimum Gasteiger partial charge on any atom is -0.458 e. The van der Waals surface area contributed by atoms with Gasteiger partial charge in [0.1, 0.15) is 5.76 Å². The fourth-order valence-electron chi connectivity index (χ4n) is 1.49. The van der Waals surface area contributed by atoms with E-state index in [1.807, 2.05) is 6.92 Å². The lowest BCUT2D eigenvalue weighted by Gasteiger charge is -2.01. The van der Waals surface area contributed by atoms with Crippen molar-refractivity contribution in [2.24, 2.45) is 0 Å². The molecule has 4 heteroatoms. The van der Waals surface area contributed by atoms with Crippen molar-refractivity contribution in [2.45, 2.75) is 13.3 Å². The van der Waals surface area contributed by atoms with Gasteiger partial charge in [-0.15, -0.1) is 0 Å². The second-order valence-electron chi connectivity index (χ2n) is 3.57. The van der Waals surface area contributed by atoms with Crippen molar-refractivity contribution >= 4 is 29.0 Å². The van der Waals surface area contributed by atoms with Crippen LogP contribution in [0.3, 0.4) is 0 Å². The number of furan rings is 1. The summed E-state index contributed by atoms with van der Waals surface area (Å²) in [5.41, 5.74) is 0.358. The fraction of sp³-hybridized carbons (Fsp3) is 0.154. The molecule has 1 aromatic carbocycles. The van der Waals surface area contributed by atoms with Gasteiger partial charge in [0, 0.05) is 17.0 Å². The van der Waals surface area contributed by atoms with Gasteiger partial charge >= 0.3 is 0 Å². The number of carbonyl (C=O) groups is 1. The van der Waals surface area contributed by atoms with Crippen LogP contribution in [0, 0.1) is 0 Å². The van der Waals surface area contributed by atoms with Crippen LogP contribution in [0.15, 0.2) is 34.7 Å². The molecule has 0 atom stereocenters. The minimum atomic E-state index is -0.253. The molecule has 0 saturated heterocycles. The van der Waals surface area contributed by atoms with Gasteiger partial charge in [-0.2, -0.15) is 0 Å². The van der Waals surface area contributed by atoms with Crippen molar-refractivity contribution in [3.63, 3.8) is 0 Å². The summed E-state index contributed by atoms with van der Waals surface area (Å²) in [4.78, 5) is 12.1. The van der Waals surface area contributed by atoms with Gasteiger partial charge in [0.15, 0.2) is 5.76 Å². The molecule has 0 aliphatic rings. The van der Waals surface area contributed by atoms with Crippen molar-refractivity contribution in [1.82, 2.24) is 0 Å². The Morgan fingerprint density at radius 2 is 2.00 bits per heavy atom. The average molecular weight is 269 g/mol. The molecule has 0 unspecified atom stereocenters. The number of rotatable bonds is 3. The molecule has 1 heterocycles. The molecule has 0 spiro atoms. The molecule has 2 nitrogen and oxygen atoms in total. The summed E-state index contributed by atoms with van der Waals surface area (Å²) in [6.45, 7) is 1.96. The molecule has 0 amide bonds. The molecule has 1 aromatic heterocycles. The second kappa shape index (κ2) is 4.94. The maximum absolute atomic E-state index is 12.1. The molecule has 17 heavy (non-hydrogen) atoms. The van der Waals surface area contributed by atoms with Crippen LogP contribution in [0.4, 0.5) is 0 Å². The molecule has 88 valence electrons. The number of hydrogen-bond donors (Lipinski definition) is 0. The van der Waals surface area contributed by atoms with Crippen LogP contribution in [0.25, 0.3) is 0 Å². The Kier molecular flexibility index (Phi) is 3.55. The number of benzene rings is 1. The van der Waals surface area contributed by atoms with Gasteiger partial charge in [0.05, 0.1) is 5.02 Å². The number of ketones is 1. The van der Waals surface area contributed by atoms with Crippen LogP contribution in [0.1, 0.15) is 28.8 Å². The number of halogens is 2. The zero-order valence-corrected chi connectivity index (χ0v) is 10.7.